The summed E-state index contributed by atoms with van der Waals surface area (Å²) in [7, 11) is 0. The predicted molar refractivity (Wildman–Crippen MR) is 280 cm³/mol. The van der Waals surface area contributed by atoms with Crippen molar-refractivity contribution in [3.05, 3.63) is 70.8 Å². The maximum atomic E-state index is 12.3. The molecule has 16 nitrogen and oxygen atoms in total. The molecule has 10 N–H and O–H groups in total. The highest BCUT2D eigenvalue weighted by atomic mass is 16.4. The lowest BCUT2D eigenvalue weighted by Gasteiger charge is -2.07. The number of amides is 3. The van der Waals surface area contributed by atoms with E-state index in [-0.39, 0.29) is 48.6 Å². The zero-order valence-electron chi connectivity index (χ0n) is 42.9. The SMILES string of the molecule is CCCCCCCCC(=O)c1ccc(C(=O)NCCCCCCNC(=O)CCCCC(=O)O)cc1.NCCCCCCCC(=O)c1ccc(C(=O)NCCCCCCN)cc1.O=C(O)CCCCC(=O)O. The van der Waals surface area contributed by atoms with Crippen molar-refractivity contribution < 1.29 is 53.7 Å². The zero-order valence-corrected chi connectivity index (χ0v) is 42.9. The number of carbonyl (C=O) groups excluding carboxylic acids is 5. The second-order valence-corrected chi connectivity index (χ2v) is 17.9. The molecular formula is C55H89N5O11. The first-order valence-corrected chi connectivity index (χ1v) is 26.4. The molecule has 0 heterocycles. The molecule has 400 valence electrons. The Bertz CT molecular complexity index is 1710. The summed E-state index contributed by atoms with van der Waals surface area (Å²) in [5.74, 6) is -2.52. The molecule has 0 unspecified atom stereocenters. The maximum absolute atomic E-state index is 12.3. The van der Waals surface area contributed by atoms with Crippen LogP contribution < -0.4 is 27.4 Å². The van der Waals surface area contributed by atoms with Gasteiger partial charge in [-0.1, -0.05) is 108 Å². The molecule has 0 spiro atoms. The van der Waals surface area contributed by atoms with E-state index in [1.165, 1.54) is 25.7 Å². The van der Waals surface area contributed by atoms with Gasteiger partial charge in [-0.15, -0.1) is 0 Å². The van der Waals surface area contributed by atoms with Crippen LogP contribution in [-0.4, -0.2) is 95.2 Å². The number of hydrogen-bond acceptors (Lipinski definition) is 10. The number of nitrogens with one attached hydrogen (secondary N) is 3. The Hall–Kier alpha value is -5.48. The van der Waals surface area contributed by atoms with E-state index in [1.807, 2.05) is 0 Å². The Balaban J connectivity index is 0.00000119. The fraction of sp³-hybridized carbons (Fsp3) is 0.636. The molecule has 2 aromatic rings. The minimum atomic E-state index is -0.870. The van der Waals surface area contributed by atoms with Crippen molar-refractivity contribution in [2.75, 3.05) is 32.7 Å². The van der Waals surface area contributed by atoms with Crippen LogP contribution in [0.2, 0.25) is 0 Å². The lowest BCUT2D eigenvalue weighted by Crippen LogP contribution is -2.25. The summed E-state index contributed by atoms with van der Waals surface area (Å²) < 4.78 is 0. The van der Waals surface area contributed by atoms with Gasteiger partial charge in [0.2, 0.25) is 5.91 Å². The quantitative estimate of drug-likeness (QED) is 0.0228. The Morgan fingerprint density at radius 3 is 0.986 bits per heavy atom. The summed E-state index contributed by atoms with van der Waals surface area (Å²) in [5, 5.41) is 33.5. The number of nitrogens with two attached hydrogens (primary N) is 2. The van der Waals surface area contributed by atoms with Gasteiger partial charge in [-0.25, -0.2) is 0 Å². The number of benzene rings is 2. The number of aliphatic carboxylic acids is 3. The number of carboxylic acid groups (broad SMARTS) is 3. The third kappa shape index (κ3) is 39.9. The van der Waals surface area contributed by atoms with Crippen LogP contribution in [0, 0.1) is 0 Å². The largest absolute Gasteiger partial charge is 0.481 e. The van der Waals surface area contributed by atoms with Crippen molar-refractivity contribution in [2.24, 2.45) is 11.5 Å². The van der Waals surface area contributed by atoms with Gasteiger partial charge >= 0.3 is 17.9 Å². The maximum Gasteiger partial charge on any atom is 0.303 e. The lowest BCUT2D eigenvalue weighted by atomic mass is 10.0. The van der Waals surface area contributed by atoms with Gasteiger partial charge in [0.25, 0.3) is 11.8 Å². The molecule has 0 fully saturated rings. The summed E-state index contributed by atoms with van der Waals surface area (Å²) >= 11 is 0. The Kier molecular flexibility index (Phi) is 42.1. The van der Waals surface area contributed by atoms with Crippen LogP contribution in [-0.2, 0) is 19.2 Å². The van der Waals surface area contributed by atoms with Crippen LogP contribution in [0.15, 0.2) is 48.5 Å². The molecule has 0 atom stereocenters. The van der Waals surface area contributed by atoms with Gasteiger partial charge in [0.05, 0.1) is 0 Å². The van der Waals surface area contributed by atoms with Crippen LogP contribution in [0.3, 0.4) is 0 Å². The van der Waals surface area contributed by atoms with Crippen molar-refractivity contribution in [1.82, 2.24) is 16.0 Å². The number of Topliss-reactive ketones (excluding diaryl/α,β-unsaturated/α-hetero) is 2. The minimum absolute atomic E-state index is 0.0298. The van der Waals surface area contributed by atoms with Gasteiger partial charge < -0.3 is 42.7 Å². The molecule has 0 aliphatic heterocycles. The van der Waals surface area contributed by atoms with E-state index in [0.29, 0.717) is 86.8 Å². The molecule has 3 amide bonds. The van der Waals surface area contributed by atoms with E-state index >= 15 is 0 Å². The predicted octanol–water partition coefficient (Wildman–Crippen LogP) is 9.80. The van der Waals surface area contributed by atoms with Gasteiger partial charge in [-0.3, -0.25) is 38.4 Å². The van der Waals surface area contributed by atoms with E-state index in [0.717, 1.165) is 109 Å². The molecule has 0 aliphatic carbocycles. The summed E-state index contributed by atoms with van der Waals surface area (Å²) in [4.78, 5) is 90.8. The first-order chi connectivity index (χ1) is 34.2. The second kappa shape index (κ2) is 45.6. The second-order valence-electron chi connectivity index (χ2n) is 17.9. The number of carboxylic acids is 3. The molecule has 0 aromatic heterocycles. The van der Waals surface area contributed by atoms with Crippen molar-refractivity contribution in [3.63, 3.8) is 0 Å². The fourth-order valence-corrected chi connectivity index (χ4v) is 7.19. The first kappa shape index (κ1) is 65.5. The fourth-order valence-electron chi connectivity index (χ4n) is 7.19. The topological polar surface area (TPSA) is 285 Å². The molecule has 0 saturated carbocycles. The van der Waals surface area contributed by atoms with Gasteiger partial charge in [-0.05, 0) is 108 Å². The number of hydrogen-bond donors (Lipinski definition) is 8. The molecular weight excluding hydrogens is 907 g/mol. The van der Waals surface area contributed by atoms with E-state index in [9.17, 15) is 38.4 Å². The normalized spacial score (nSPS) is 10.5. The standard InChI is InChI=1S/C28H44N2O5.C21H35N3O2.C6H10O4/c1-2-3-4-5-6-9-14-25(31)23-17-19-24(20-18-23)28(35)30-22-13-8-7-12-21-29-26(32)15-10-11-16-27(33)34;22-15-7-3-1-2-6-10-20(25)18-11-13-19(14-12-18)21(26)24-17-9-5-4-8-16-23;7-5(8)3-1-2-4-6(9)10/h17-20H,2-16,21-22H2,1H3,(H,29,32)(H,30,35)(H,33,34);11-14H,1-10,15-17,22-23H2,(H,24,26);1-4H2,(H,7,8)(H,9,10). The Morgan fingerprint density at radius 2 is 0.634 bits per heavy atom. The van der Waals surface area contributed by atoms with Crippen LogP contribution >= 0.6 is 0 Å². The summed E-state index contributed by atoms with van der Waals surface area (Å²) in [5.41, 5.74) is 13.4. The van der Waals surface area contributed by atoms with Crippen molar-refractivity contribution in [1.29, 1.82) is 0 Å². The average molecular weight is 996 g/mol. The molecule has 16 heteroatoms. The van der Waals surface area contributed by atoms with Crippen LogP contribution in [0.25, 0.3) is 0 Å². The molecule has 0 saturated heterocycles. The number of rotatable bonds is 41. The average Bonchev–Trinajstić information content (AvgIpc) is 3.35. The number of carbonyl (C=O) groups is 8. The first-order valence-electron chi connectivity index (χ1n) is 26.4. The number of ketones is 2. The zero-order chi connectivity index (χ0) is 52.7. The van der Waals surface area contributed by atoms with Gasteiger partial charge in [0.1, 0.15) is 0 Å². The summed E-state index contributed by atoms with van der Waals surface area (Å²) in [6.07, 6.45) is 23.8. The number of unbranched alkanes of at least 4 members (excludes halogenated alkanes) is 17. The highest BCUT2D eigenvalue weighted by molar-refractivity contribution is 5.99. The van der Waals surface area contributed by atoms with Gasteiger partial charge in [-0.2, -0.15) is 0 Å². The summed E-state index contributed by atoms with van der Waals surface area (Å²) in [6.45, 7) is 5.55. The van der Waals surface area contributed by atoms with E-state index in [2.05, 4.69) is 22.9 Å². The third-order valence-electron chi connectivity index (χ3n) is 11.5. The molecule has 0 radical (unpaired) electrons. The Morgan fingerprint density at radius 1 is 0.352 bits per heavy atom. The summed E-state index contributed by atoms with van der Waals surface area (Å²) in [6, 6.07) is 13.9. The molecule has 0 aliphatic rings. The minimum Gasteiger partial charge on any atom is -0.481 e. The van der Waals surface area contributed by atoms with E-state index in [1.54, 1.807) is 48.5 Å². The molecule has 71 heavy (non-hydrogen) atoms. The van der Waals surface area contributed by atoms with Crippen molar-refractivity contribution >= 4 is 47.2 Å². The van der Waals surface area contributed by atoms with Crippen molar-refractivity contribution in [3.8, 4) is 0 Å². The lowest BCUT2D eigenvalue weighted by molar-refractivity contribution is -0.139. The highest BCUT2D eigenvalue weighted by Gasteiger charge is 2.11. The monoisotopic (exact) mass is 996 g/mol. The third-order valence-corrected chi connectivity index (χ3v) is 11.5. The van der Waals surface area contributed by atoms with E-state index < -0.39 is 17.9 Å². The van der Waals surface area contributed by atoms with Crippen molar-refractivity contribution in [2.45, 2.75) is 193 Å². The smallest absolute Gasteiger partial charge is 0.303 e. The van der Waals surface area contributed by atoms with Crippen LogP contribution in [0.4, 0.5) is 0 Å². The van der Waals surface area contributed by atoms with Gasteiger partial charge in [0.15, 0.2) is 11.6 Å². The van der Waals surface area contributed by atoms with Crippen LogP contribution in [0.5, 0.6) is 0 Å². The van der Waals surface area contributed by atoms with Crippen LogP contribution in [0.1, 0.15) is 235 Å². The highest BCUT2D eigenvalue weighted by Crippen LogP contribution is 2.14. The molecule has 0 bridgehead atoms. The molecule has 2 rings (SSSR count). The Labute approximate surface area is 423 Å². The van der Waals surface area contributed by atoms with E-state index in [4.69, 9.17) is 26.8 Å². The molecule has 2 aromatic carbocycles. The van der Waals surface area contributed by atoms with Gasteiger partial charge in [0, 0.05) is 80.4 Å².